The van der Waals surface area contributed by atoms with Crippen LogP contribution in [0.1, 0.15) is 32.2 Å². The van der Waals surface area contributed by atoms with E-state index in [4.69, 9.17) is 4.74 Å². The number of fused-ring (bicyclic) bond motifs is 1. The molecule has 0 atom stereocenters. The van der Waals surface area contributed by atoms with Gasteiger partial charge in [0.2, 0.25) is 0 Å². The SMILES string of the molecule is COc1cc2c(cc1NC(=O)NCc1cc(C(C)(C)C)n[nH]1)n(C)c(=O)n2C. The monoisotopic (exact) mass is 386 g/mol. The summed E-state index contributed by atoms with van der Waals surface area (Å²) in [6, 6.07) is 5.01. The molecule has 0 aliphatic rings. The molecule has 1 aromatic carbocycles. The minimum Gasteiger partial charge on any atom is -0.494 e. The number of benzene rings is 1. The summed E-state index contributed by atoms with van der Waals surface area (Å²) in [5.74, 6) is 0.473. The van der Waals surface area contributed by atoms with Gasteiger partial charge in [0.1, 0.15) is 5.75 Å². The lowest BCUT2D eigenvalue weighted by atomic mass is 9.92. The van der Waals surface area contributed by atoms with Crippen molar-refractivity contribution in [1.29, 1.82) is 0 Å². The predicted octanol–water partition coefficient (Wildman–Crippen LogP) is 2.23. The lowest BCUT2D eigenvalue weighted by Crippen LogP contribution is -2.28. The molecule has 0 saturated heterocycles. The van der Waals surface area contributed by atoms with Crippen LogP contribution >= 0.6 is 0 Å². The number of urea groups is 1. The smallest absolute Gasteiger partial charge is 0.328 e. The summed E-state index contributed by atoms with van der Waals surface area (Å²) in [5, 5.41) is 12.8. The van der Waals surface area contributed by atoms with Gasteiger partial charge in [0, 0.05) is 25.6 Å². The predicted molar refractivity (Wildman–Crippen MR) is 108 cm³/mol. The summed E-state index contributed by atoms with van der Waals surface area (Å²) in [6.07, 6.45) is 0. The Balaban J connectivity index is 1.76. The molecule has 0 bridgehead atoms. The zero-order chi connectivity index (χ0) is 20.6. The fraction of sp³-hybridized carbons (Fsp3) is 0.421. The normalized spacial score (nSPS) is 11.6. The van der Waals surface area contributed by atoms with E-state index in [0.29, 0.717) is 23.5 Å². The van der Waals surface area contributed by atoms with Crippen LogP contribution < -0.4 is 21.1 Å². The van der Waals surface area contributed by atoms with E-state index in [1.54, 1.807) is 26.2 Å². The number of amides is 2. The minimum absolute atomic E-state index is 0.0641. The third kappa shape index (κ3) is 3.60. The standard InChI is InChI=1S/C19H26N6O3/c1-19(2,3)16-7-11(22-23-16)10-20-17(26)21-12-8-13-14(9-15(12)28-6)25(5)18(27)24(13)4/h7-9H,10H2,1-6H3,(H,22,23)(H2,20,21,26). The second-order valence-electron chi connectivity index (χ2n) is 7.78. The van der Waals surface area contributed by atoms with E-state index in [1.165, 1.54) is 16.2 Å². The molecule has 0 aliphatic carbocycles. The second kappa shape index (κ2) is 7.06. The molecule has 2 heterocycles. The highest BCUT2D eigenvalue weighted by molar-refractivity contribution is 5.94. The number of rotatable bonds is 4. The van der Waals surface area contributed by atoms with Crippen LogP contribution in [0.15, 0.2) is 23.0 Å². The van der Waals surface area contributed by atoms with E-state index in [9.17, 15) is 9.59 Å². The first-order chi connectivity index (χ1) is 13.1. The van der Waals surface area contributed by atoms with Gasteiger partial charge in [0.25, 0.3) is 0 Å². The topological polar surface area (TPSA) is 106 Å². The Bertz CT molecular complexity index is 1080. The van der Waals surface area contributed by atoms with E-state index in [1.807, 2.05) is 6.07 Å². The highest BCUT2D eigenvalue weighted by Crippen LogP contribution is 2.29. The third-order valence-electron chi connectivity index (χ3n) is 4.68. The van der Waals surface area contributed by atoms with Gasteiger partial charge in [-0.1, -0.05) is 20.8 Å². The number of methoxy groups -OCH3 is 1. The molecule has 0 spiro atoms. The molecule has 3 aromatic rings. The Hall–Kier alpha value is -3.23. The average Bonchev–Trinajstić information content (AvgIpc) is 3.20. The lowest BCUT2D eigenvalue weighted by Gasteiger charge is -2.13. The molecule has 9 nitrogen and oxygen atoms in total. The van der Waals surface area contributed by atoms with E-state index in [2.05, 4.69) is 41.6 Å². The van der Waals surface area contributed by atoms with Crippen molar-refractivity contribution in [3.8, 4) is 5.75 Å². The van der Waals surface area contributed by atoms with Crippen molar-refractivity contribution in [2.24, 2.45) is 14.1 Å². The van der Waals surface area contributed by atoms with Crippen LogP contribution in [0.3, 0.4) is 0 Å². The van der Waals surface area contributed by atoms with Gasteiger partial charge in [-0.05, 0) is 12.1 Å². The van der Waals surface area contributed by atoms with Crippen LogP contribution in [0.4, 0.5) is 10.5 Å². The van der Waals surface area contributed by atoms with Crippen molar-refractivity contribution in [3.05, 3.63) is 40.1 Å². The first-order valence-corrected chi connectivity index (χ1v) is 8.95. The van der Waals surface area contributed by atoms with Crippen molar-refractivity contribution in [3.63, 3.8) is 0 Å². The molecule has 0 aliphatic heterocycles. The summed E-state index contributed by atoms with van der Waals surface area (Å²) < 4.78 is 8.44. The summed E-state index contributed by atoms with van der Waals surface area (Å²) in [4.78, 5) is 24.5. The zero-order valence-corrected chi connectivity index (χ0v) is 17.0. The van der Waals surface area contributed by atoms with E-state index in [0.717, 1.165) is 16.9 Å². The van der Waals surface area contributed by atoms with Gasteiger partial charge in [-0.15, -0.1) is 0 Å². The number of aromatic nitrogens is 4. The Morgan fingerprint density at radius 1 is 1.18 bits per heavy atom. The maximum Gasteiger partial charge on any atom is 0.328 e. The number of carbonyl (C=O) groups excluding carboxylic acids is 1. The highest BCUT2D eigenvalue weighted by atomic mass is 16.5. The maximum atomic E-state index is 12.4. The fourth-order valence-electron chi connectivity index (χ4n) is 2.97. The molecule has 0 radical (unpaired) electrons. The Kier molecular flexibility index (Phi) is 4.93. The van der Waals surface area contributed by atoms with Crippen molar-refractivity contribution >= 4 is 22.8 Å². The summed E-state index contributed by atoms with van der Waals surface area (Å²) in [5.41, 5.74) is 3.44. The van der Waals surface area contributed by atoms with Crippen LogP contribution in [-0.2, 0) is 26.1 Å². The second-order valence-corrected chi connectivity index (χ2v) is 7.78. The first kappa shape index (κ1) is 19.5. The van der Waals surface area contributed by atoms with Crippen LogP contribution in [-0.4, -0.2) is 32.5 Å². The number of aryl methyl sites for hydroxylation is 2. The fourth-order valence-corrected chi connectivity index (χ4v) is 2.97. The Morgan fingerprint density at radius 2 is 1.82 bits per heavy atom. The summed E-state index contributed by atoms with van der Waals surface area (Å²) >= 11 is 0. The van der Waals surface area contributed by atoms with E-state index in [-0.39, 0.29) is 17.1 Å². The van der Waals surface area contributed by atoms with Gasteiger partial charge < -0.3 is 15.4 Å². The van der Waals surface area contributed by atoms with E-state index >= 15 is 0 Å². The molecule has 0 saturated carbocycles. The quantitative estimate of drug-likeness (QED) is 0.639. The lowest BCUT2D eigenvalue weighted by molar-refractivity contribution is 0.251. The van der Waals surface area contributed by atoms with Gasteiger partial charge >= 0.3 is 11.7 Å². The van der Waals surface area contributed by atoms with Gasteiger partial charge in [-0.25, -0.2) is 9.59 Å². The molecule has 0 fully saturated rings. The molecule has 150 valence electrons. The van der Waals surface area contributed by atoms with Crippen LogP contribution in [0.5, 0.6) is 5.75 Å². The highest BCUT2D eigenvalue weighted by Gasteiger charge is 2.18. The third-order valence-corrected chi connectivity index (χ3v) is 4.68. The molecule has 3 N–H and O–H groups in total. The largest absolute Gasteiger partial charge is 0.494 e. The summed E-state index contributed by atoms with van der Waals surface area (Å²) in [7, 11) is 4.90. The van der Waals surface area contributed by atoms with Crippen LogP contribution in [0.2, 0.25) is 0 Å². The molecule has 3 rings (SSSR count). The molecule has 28 heavy (non-hydrogen) atoms. The van der Waals surface area contributed by atoms with Gasteiger partial charge in [0.05, 0.1) is 41.8 Å². The number of carbonyl (C=O) groups is 1. The number of nitrogens with zero attached hydrogens (tertiary/aromatic N) is 3. The van der Waals surface area contributed by atoms with E-state index < -0.39 is 0 Å². The maximum absolute atomic E-state index is 12.4. The number of hydrogen-bond donors (Lipinski definition) is 3. The van der Waals surface area contributed by atoms with Gasteiger partial charge in [-0.2, -0.15) is 5.10 Å². The number of ether oxygens (including phenoxy) is 1. The molecular weight excluding hydrogens is 360 g/mol. The number of anilines is 1. The van der Waals surface area contributed by atoms with Gasteiger partial charge in [0.15, 0.2) is 0 Å². The van der Waals surface area contributed by atoms with Crippen molar-refractivity contribution < 1.29 is 9.53 Å². The van der Waals surface area contributed by atoms with Crippen LogP contribution in [0.25, 0.3) is 11.0 Å². The summed E-state index contributed by atoms with van der Waals surface area (Å²) in [6.45, 7) is 6.54. The molecule has 2 aromatic heterocycles. The van der Waals surface area contributed by atoms with Gasteiger partial charge in [-0.3, -0.25) is 14.2 Å². The zero-order valence-electron chi connectivity index (χ0n) is 17.0. The average molecular weight is 386 g/mol. The van der Waals surface area contributed by atoms with Crippen molar-refractivity contribution in [2.45, 2.75) is 32.7 Å². The Labute approximate surface area is 162 Å². The van der Waals surface area contributed by atoms with Crippen molar-refractivity contribution in [1.82, 2.24) is 24.6 Å². The van der Waals surface area contributed by atoms with Crippen LogP contribution in [0, 0.1) is 0 Å². The molecular formula is C19H26N6O3. The first-order valence-electron chi connectivity index (χ1n) is 8.95. The minimum atomic E-state index is -0.384. The number of imidazole rings is 1. The number of hydrogen-bond acceptors (Lipinski definition) is 4. The number of H-pyrrole nitrogens is 1. The molecule has 2 amide bonds. The Morgan fingerprint density at radius 3 is 2.39 bits per heavy atom. The molecule has 0 unspecified atom stereocenters. The number of aromatic amines is 1. The molecule has 9 heteroatoms. The number of nitrogens with one attached hydrogen (secondary N) is 3. The van der Waals surface area contributed by atoms with Crippen molar-refractivity contribution in [2.75, 3.05) is 12.4 Å².